The monoisotopic (exact) mass is 2100 g/mol. The minimum atomic E-state index is -3.46. The van der Waals surface area contributed by atoms with Gasteiger partial charge in [0, 0.05) is 303 Å². The van der Waals surface area contributed by atoms with E-state index in [0.29, 0.717) is 114 Å². The maximum atomic E-state index is 13.6. The first kappa shape index (κ1) is 107. The lowest BCUT2D eigenvalue weighted by Gasteiger charge is -2.55. The number of ether oxygens (including phenoxy) is 1. The van der Waals surface area contributed by atoms with E-state index in [1.165, 1.54) is 120 Å². The topological polar surface area (TPSA) is 413 Å². The summed E-state index contributed by atoms with van der Waals surface area (Å²) in [5.41, 5.74) is 14.7. The van der Waals surface area contributed by atoms with Gasteiger partial charge in [-0.15, -0.1) is 20.4 Å². The van der Waals surface area contributed by atoms with Gasteiger partial charge in [-0.3, -0.25) is 48.1 Å². The molecule has 4 aromatic heterocycles. The molecule has 19 rings (SSSR count). The highest BCUT2D eigenvalue weighted by molar-refractivity contribution is 7.92. The normalized spacial score (nSPS) is 19.8. The third-order valence-corrected chi connectivity index (χ3v) is 32.4. The number of hydrogen-bond acceptors (Lipinski definition) is 27. The molecule has 0 unspecified atom stereocenters. The molecule has 145 heavy (non-hydrogen) atoms. The minimum absolute atomic E-state index is 0.108. The van der Waals surface area contributed by atoms with Crippen molar-refractivity contribution in [3.05, 3.63) is 166 Å². The van der Waals surface area contributed by atoms with Crippen LogP contribution in [0.1, 0.15) is 117 Å². The van der Waals surface area contributed by atoms with Gasteiger partial charge in [0.25, 0.3) is 0 Å². The summed E-state index contributed by atoms with van der Waals surface area (Å²) >= 11 is 6.25. The molecular formula is C98H138ClFN26O15S4. The quantitative estimate of drug-likeness (QED) is 0.0554. The van der Waals surface area contributed by atoms with Crippen molar-refractivity contribution < 1.29 is 71.6 Å². The van der Waals surface area contributed by atoms with Crippen LogP contribution in [0.25, 0.3) is 0 Å². The van der Waals surface area contributed by atoms with E-state index in [1.54, 1.807) is 28.5 Å². The summed E-state index contributed by atoms with van der Waals surface area (Å²) in [6, 6.07) is 30.7. The number of sulfonamides is 4. The second-order valence-electron chi connectivity index (χ2n) is 40.8. The number of hydrogen-bond donors (Lipinski definition) is 4. The van der Waals surface area contributed by atoms with Gasteiger partial charge in [0.1, 0.15) is 6.17 Å². The van der Waals surface area contributed by atoms with Crippen LogP contribution in [0.15, 0.2) is 122 Å². The van der Waals surface area contributed by atoms with Crippen molar-refractivity contribution >= 4 is 134 Å². The highest BCUT2D eigenvalue weighted by atomic mass is 35.5. The van der Waals surface area contributed by atoms with Crippen molar-refractivity contribution in [3.63, 3.8) is 0 Å². The zero-order valence-electron chi connectivity index (χ0n) is 84.4. The summed E-state index contributed by atoms with van der Waals surface area (Å²) < 4.78 is 124. The number of nitrogens with zero attached hydrogens (tertiary/aromatic N) is 22. The summed E-state index contributed by atoms with van der Waals surface area (Å²) in [5.74, 6) is 0.871. The number of nitrogens with one attached hydrogen (secondary N) is 4. The van der Waals surface area contributed by atoms with Gasteiger partial charge in [0.2, 0.25) is 51.9 Å². The molecule has 11 aliphatic rings. The number of anilines is 8. The highest BCUT2D eigenvalue weighted by Crippen LogP contribution is 2.47. The molecule has 0 saturated carbocycles. The molecular weight excluding hydrogens is 1960 g/mol. The number of piperazine rings is 3. The number of likely N-dealkylation sites (tertiary alicyclic amines) is 4. The number of benzene rings is 4. The predicted octanol–water partition coefficient (Wildman–Crippen LogP) is 8.73. The maximum Gasteiger partial charge on any atom is 0.344 e. The Balaban J connectivity index is 0.000000139. The first-order valence-corrected chi connectivity index (χ1v) is 57.9. The van der Waals surface area contributed by atoms with E-state index in [-0.39, 0.29) is 64.7 Å². The number of morpholine rings is 1. The number of rotatable bonds is 20. The average molecular weight is 2100 g/mol. The fraction of sp³-hybridized carbons (Fsp3) is 0.571. The molecule has 15 heterocycles. The Kier molecular flexibility index (Phi) is 33.2. The van der Waals surface area contributed by atoms with Crippen LogP contribution in [0.4, 0.5) is 69.6 Å². The second-order valence-corrected chi connectivity index (χ2v) is 48.2. The molecule has 11 aliphatic heterocycles. The summed E-state index contributed by atoms with van der Waals surface area (Å²) in [6.07, 6.45) is 19.0. The van der Waals surface area contributed by atoms with Crippen LogP contribution in [0.5, 0.6) is 0 Å². The van der Waals surface area contributed by atoms with E-state index in [9.17, 15) is 66.8 Å². The molecule has 0 bridgehead atoms. The van der Waals surface area contributed by atoms with Crippen LogP contribution in [0, 0.1) is 31.6 Å². The van der Waals surface area contributed by atoms with Crippen LogP contribution >= 0.6 is 11.6 Å². The zero-order valence-corrected chi connectivity index (χ0v) is 88.4. The van der Waals surface area contributed by atoms with E-state index in [1.807, 2.05) is 32.9 Å². The Morgan fingerprint density at radius 2 is 0.731 bits per heavy atom. The summed E-state index contributed by atoms with van der Waals surface area (Å²) in [6.45, 7) is 35.6. The molecule has 4 aromatic carbocycles. The molecule has 8 aromatic rings. The van der Waals surface area contributed by atoms with E-state index >= 15 is 0 Å². The van der Waals surface area contributed by atoms with E-state index in [0.717, 1.165) is 217 Å². The van der Waals surface area contributed by atoms with Gasteiger partial charge in [-0.05, 0) is 161 Å². The number of aromatic nitrogens is 8. The molecule has 47 heteroatoms. The molecule has 0 aliphatic carbocycles. The fourth-order valence-corrected chi connectivity index (χ4v) is 23.9. The lowest BCUT2D eigenvalue weighted by atomic mass is 9.71. The summed E-state index contributed by atoms with van der Waals surface area (Å²) in [4.78, 5) is 105. The van der Waals surface area contributed by atoms with Gasteiger partial charge in [0.15, 0.2) is 23.3 Å². The Morgan fingerprint density at radius 3 is 1.14 bits per heavy atom. The Labute approximate surface area is 854 Å². The lowest BCUT2D eigenvalue weighted by molar-refractivity contribution is -0.142. The van der Waals surface area contributed by atoms with Crippen LogP contribution in [-0.4, -0.2) is 384 Å². The van der Waals surface area contributed by atoms with E-state index in [2.05, 4.69) is 154 Å². The molecule has 11 saturated heterocycles. The molecule has 11 fully saturated rings. The van der Waals surface area contributed by atoms with Crippen LogP contribution in [0.2, 0.25) is 5.02 Å². The van der Waals surface area contributed by atoms with Gasteiger partial charge in [-0.25, -0.2) is 57.2 Å². The standard InChI is InChI=1S/2C26H37N7O4S.C25H36N6O4S.C21H28ClFN6O3S/c1-20-4-5-22(23(16-20)30-10-7-26(8-11-30)18-32(19-26)21(2)34)17-29-12-14-31(15-13-29)25(35)33-9-6-24(27-33)28-38(3,36)37;1-20-4-5-22(23(16-20)32-18-26(19-32)7-10-30(11-8-26)21(2)34)17-29-12-14-31(15-13-29)25(35)33-9-6-24(27-33)28-38(3,36)37;1-20-21(5-3-6-22(20)28-15-17-35-18-16-28)19-30-11-4-8-25(30)9-13-29(14-10-25)24(32)31-12-7-23(26-31)27-36(2,33)34;1-33(31,32)25-20-6-9-29(24-20)21(30)28-12-10-26(11-13-28)15-16-2-3-17(22)14-19(16)27-7-4-18(23)5-8-27/h2*4-6,9,16H,7-8,10-15,17-19H2,1-3H3,(H,27,28);3,5-7,12H,4,8-11,13-19H2,1-2H3,(H,26,27);2-3,6,9,14,18H,4-5,7-8,10-13,15H2,1H3,(H,24,25). The van der Waals surface area contributed by atoms with Crippen molar-refractivity contribution in [2.75, 3.05) is 253 Å². The number of carbonyl (C=O) groups excluding carboxylic acids is 6. The molecule has 41 nitrogen and oxygen atoms in total. The number of carbonyl (C=O) groups is 6. The van der Waals surface area contributed by atoms with Gasteiger partial charge >= 0.3 is 24.1 Å². The Hall–Kier alpha value is -11.2. The van der Waals surface area contributed by atoms with Crippen molar-refractivity contribution in [2.45, 2.75) is 137 Å². The van der Waals surface area contributed by atoms with Crippen molar-refractivity contribution in [1.29, 1.82) is 0 Å². The van der Waals surface area contributed by atoms with Crippen LogP contribution in [-0.2, 0) is 80.6 Å². The van der Waals surface area contributed by atoms with E-state index in [4.69, 9.17) is 16.3 Å². The molecule has 4 N–H and O–H groups in total. The number of amides is 6. The predicted molar refractivity (Wildman–Crippen MR) is 556 cm³/mol. The molecule has 6 amide bonds. The smallest absolute Gasteiger partial charge is 0.344 e. The van der Waals surface area contributed by atoms with Crippen LogP contribution < -0.4 is 38.5 Å². The maximum absolute atomic E-state index is 13.6. The SMILES string of the molecule is CC(=O)N1CC2(CCN(c3cc(C)ccc3CN3CCN(C(=O)n4ccc(NS(C)(=O)=O)n4)CC3)CC2)C1.CC(=O)N1CCC2(CC1)CN(c1cc(C)ccc1CN1CCN(C(=O)n3ccc(NS(C)(=O)=O)n3)CC1)C2.CS(=O)(=O)Nc1ccn(C(=O)N2CCN(Cc3ccc(Cl)cc3N3CCC(F)CC3)CC2)n1.Cc1c(CN2CCCC23CCN(C(=O)n2ccc(NS(C)(=O)=O)n2)CC3)cccc1N1CCOCC1. The van der Waals surface area contributed by atoms with Gasteiger partial charge in [-0.1, -0.05) is 54.1 Å². The second kappa shape index (κ2) is 45.2. The number of halogens is 2. The number of piperidine rings is 4. The van der Waals surface area contributed by atoms with Gasteiger partial charge < -0.3 is 53.7 Å². The van der Waals surface area contributed by atoms with E-state index < -0.39 is 46.3 Å². The third kappa shape index (κ3) is 27.6. The molecule has 788 valence electrons. The lowest BCUT2D eigenvalue weighted by Crippen LogP contribution is -2.61. The largest absolute Gasteiger partial charge is 0.378 e. The summed E-state index contributed by atoms with van der Waals surface area (Å²) in [7, 11) is -13.8. The molecule has 0 atom stereocenters. The Morgan fingerprint density at radius 1 is 0.372 bits per heavy atom. The number of alkyl halides is 1. The first-order valence-electron chi connectivity index (χ1n) is 49.9. The van der Waals surface area contributed by atoms with Gasteiger partial charge in [0.05, 0.1) is 38.2 Å². The van der Waals surface area contributed by atoms with Gasteiger partial charge in [-0.2, -0.15) is 18.7 Å². The summed E-state index contributed by atoms with van der Waals surface area (Å²) in [5, 5.41) is 16.9. The van der Waals surface area contributed by atoms with Crippen molar-refractivity contribution in [1.82, 2.24) is 88.1 Å². The average Bonchev–Trinajstić information content (AvgIpc) is 1.70. The minimum Gasteiger partial charge on any atom is -0.378 e. The highest BCUT2D eigenvalue weighted by Gasteiger charge is 2.49. The zero-order chi connectivity index (χ0) is 103. The fourth-order valence-electron chi connectivity index (χ4n) is 21.7. The van der Waals surface area contributed by atoms with Crippen LogP contribution in [0.3, 0.4) is 0 Å². The molecule has 3 spiro atoms. The number of aryl methyl sites for hydroxylation is 2. The van der Waals surface area contributed by atoms with Crippen molar-refractivity contribution in [2.24, 2.45) is 10.8 Å². The molecule has 0 radical (unpaired) electrons. The first-order chi connectivity index (χ1) is 68.9. The third-order valence-electron chi connectivity index (χ3n) is 29.9. The Bertz CT molecular complexity index is 6430. The van der Waals surface area contributed by atoms with Crippen molar-refractivity contribution in [3.8, 4) is 0 Å².